The van der Waals surface area contributed by atoms with Crippen molar-refractivity contribution in [2.75, 3.05) is 14.1 Å². The number of nitrogens with one attached hydrogen (secondary N) is 2. The zero-order valence-corrected chi connectivity index (χ0v) is 14.3. The molecule has 2 aromatic rings. The third kappa shape index (κ3) is 2.87. The molecule has 0 saturated heterocycles. The van der Waals surface area contributed by atoms with Crippen LogP contribution in [0, 0.1) is 0 Å². The summed E-state index contributed by atoms with van der Waals surface area (Å²) in [6.45, 7) is 0. The summed E-state index contributed by atoms with van der Waals surface area (Å²) in [6.07, 6.45) is 8.44. The highest BCUT2D eigenvalue weighted by Gasteiger charge is 2.27. The van der Waals surface area contributed by atoms with Crippen molar-refractivity contribution in [2.45, 2.75) is 25.3 Å². The van der Waals surface area contributed by atoms with Crippen molar-refractivity contribution in [2.24, 2.45) is 5.10 Å². The summed E-state index contributed by atoms with van der Waals surface area (Å²) in [6, 6.07) is 4.36. The minimum absolute atomic E-state index is 0.205. The lowest BCUT2D eigenvalue weighted by molar-refractivity contribution is -0.116. The molecule has 1 atom stereocenters. The molecule has 1 aliphatic heterocycles. The fraction of sp³-hybridized carbons (Fsp3) is 0.333. The number of amides is 1. The number of nitrogens with zero attached hydrogens (tertiary/aromatic N) is 4. The van der Waals surface area contributed by atoms with Gasteiger partial charge in [-0.15, -0.1) is 0 Å². The first-order valence-electron chi connectivity index (χ1n) is 8.39. The van der Waals surface area contributed by atoms with Crippen LogP contribution in [0.3, 0.4) is 0 Å². The molecule has 0 bridgehead atoms. The fourth-order valence-electron chi connectivity index (χ4n) is 3.56. The van der Waals surface area contributed by atoms with E-state index >= 15 is 0 Å². The highest BCUT2D eigenvalue weighted by Crippen LogP contribution is 2.34. The molecule has 0 fully saturated rings. The number of hydrazone groups is 1. The molecule has 0 saturated carbocycles. The summed E-state index contributed by atoms with van der Waals surface area (Å²) in [5, 5.41) is 11.8. The van der Waals surface area contributed by atoms with Crippen molar-refractivity contribution in [3.63, 3.8) is 0 Å². The van der Waals surface area contributed by atoms with Gasteiger partial charge in [-0.05, 0) is 57.1 Å². The topological polar surface area (TPSA) is 86.3 Å². The van der Waals surface area contributed by atoms with Crippen LogP contribution in [0.2, 0.25) is 0 Å². The molecule has 1 unspecified atom stereocenters. The third-order valence-electron chi connectivity index (χ3n) is 4.77. The van der Waals surface area contributed by atoms with E-state index in [1.165, 1.54) is 17.7 Å². The number of rotatable bonds is 3. The summed E-state index contributed by atoms with van der Waals surface area (Å²) < 4.78 is 0. The summed E-state index contributed by atoms with van der Waals surface area (Å²) in [7, 11) is 4.22. The average molecular weight is 336 g/mol. The summed E-state index contributed by atoms with van der Waals surface area (Å²) in [4.78, 5) is 17.9. The van der Waals surface area contributed by atoms with Gasteiger partial charge in [-0.3, -0.25) is 4.79 Å². The van der Waals surface area contributed by atoms with Crippen LogP contribution in [0.5, 0.6) is 0 Å². The Morgan fingerprint density at radius 3 is 2.96 bits per heavy atom. The van der Waals surface area contributed by atoms with Crippen molar-refractivity contribution < 1.29 is 4.79 Å². The number of carbonyl (C=O) groups excluding carboxylic acids is 1. The maximum atomic E-state index is 12.2. The van der Waals surface area contributed by atoms with E-state index < -0.39 is 0 Å². The molecule has 3 heterocycles. The van der Waals surface area contributed by atoms with Crippen molar-refractivity contribution in [1.82, 2.24) is 25.5 Å². The highest BCUT2D eigenvalue weighted by molar-refractivity contribution is 6.33. The Morgan fingerprint density at radius 2 is 2.20 bits per heavy atom. The number of carbonyl (C=O) groups is 1. The van der Waals surface area contributed by atoms with E-state index in [-0.39, 0.29) is 5.91 Å². The van der Waals surface area contributed by atoms with Crippen LogP contribution in [0.1, 0.15) is 41.4 Å². The van der Waals surface area contributed by atoms with Crippen LogP contribution in [-0.4, -0.2) is 45.8 Å². The van der Waals surface area contributed by atoms with E-state index in [1.807, 2.05) is 6.08 Å². The van der Waals surface area contributed by atoms with Crippen LogP contribution in [0.15, 0.2) is 35.2 Å². The lowest BCUT2D eigenvalue weighted by Gasteiger charge is -2.28. The van der Waals surface area contributed by atoms with E-state index in [0.717, 1.165) is 24.1 Å². The number of aromatic nitrogens is 3. The van der Waals surface area contributed by atoms with Gasteiger partial charge in [0, 0.05) is 23.0 Å². The van der Waals surface area contributed by atoms with Gasteiger partial charge in [-0.25, -0.2) is 5.43 Å². The number of hydrogen-bond donors (Lipinski definition) is 2. The van der Waals surface area contributed by atoms with Gasteiger partial charge >= 0.3 is 0 Å². The van der Waals surface area contributed by atoms with Gasteiger partial charge in [0.2, 0.25) is 0 Å². The Kier molecular flexibility index (Phi) is 3.93. The lowest BCUT2D eigenvalue weighted by Crippen LogP contribution is -2.23. The molecule has 2 aromatic heterocycles. The molecule has 1 amide bonds. The number of aromatic amines is 1. The van der Waals surface area contributed by atoms with Gasteiger partial charge in [0.1, 0.15) is 5.71 Å². The Bertz CT molecular complexity index is 865. The van der Waals surface area contributed by atoms with Gasteiger partial charge in [0.25, 0.3) is 5.91 Å². The van der Waals surface area contributed by atoms with E-state index in [9.17, 15) is 4.79 Å². The van der Waals surface area contributed by atoms with Crippen LogP contribution < -0.4 is 5.43 Å². The van der Waals surface area contributed by atoms with Gasteiger partial charge in [-0.2, -0.15) is 15.3 Å². The zero-order chi connectivity index (χ0) is 17.4. The Labute approximate surface area is 145 Å². The molecule has 0 spiro atoms. The number of hydrogen-bond acceptors (Lipinski definition) is 5. The Hall–Kier alpha value is -2.80. The van der Waals surface area contributed by atoms with E-state index in [0.29, 0.717) is 17.3 Å². The standard InChI is InChI=1S/C18H20N6O/c1-24(2)16-5-3-4-15-13(16)8-12(21-15)9-14-17(22-23-18(14)25)11-6-7-19-20-10-11/h6-10,16,21H,3-5H2,1-2H3,(H,23,25)/b14-9-. The number of fused-ring (bicyclic) bond motifs is 1. The van der Waals surface area contributed by atoms with E-state index in [2.05, 4.69) is 50.8 Å². The van der Waals surface area contributed by atoms with Crippen molar-refractivity contribution in [1.29, 1.82) is 0 Å². The molecule has 4 rings (SSSR count). The largest absolute Gasteiger partial charge is 0.359 e. The van der Waals surface area contributed by atoms with E-state index in [1.54, 1.807) is 18.5 Å². The number of aryl methyl sites for hydroxylation is 1. The van der Waals surface area contributed by atoms with Crippen LogP contribution in [-0.2, 0) is 11.2 Å². The van der Waals surface area contributed by atoms with Gasteiger partial charge < -0.3 is 9.88 Å². The predicted octanol–water partition coefficient (Wildman–Crippen LogP) is 1.66. The second-order valence-corrected chi connectivity index (χ2v) is 6.62. The SMILES string of the molecule is CN(C)C1CCCc2[nH]c(/C=C3\C(=O)NN=C3c3ccnnc3)cc21. The Balaban J connectivity index is 1.71. The first-order valence-corrected chi connectivity index (χ1v) is 8.39. The summed E-state index contributed by atoms with van der Waals surface area (Å²) >= 11 is 0. The van der Waals surface area contributed by atoms with Gasteiger partial charge in [-0.1, -0.05) is 0 Å². The smallest absolute Gasteiger partial charge is 0.273 e. The van der Waals surface area contributed by atoms with Crippen molar-refractivity contribution in [3.8, 4) is 0 Å². The van der Waals surface area contributed by atoms with E-state index in [4.69, 9.17) is 0 Å². The molecule has 7 heteroatoms. The normalized spacial score (nSPS) is 21.4. The zero-order valence-electron chi connectivity index (χ0n) is 14.3. The van der Waals surface area contributed by atoms with Crippen LogP contribution >= 0.6 is 0 Å². The first kappa shape index (κ1) is 15.7. The van der Waals surface area contributed by atoms with Crippen LogP contribution in [0.25, 0.3) is 6.08 Å². The lowest BCUT2D eigenvalue weighted by atomic mass is 9.92. The summed E-state index contributed by atoms with van der Waals surface area (Å²) in [5.74, 6) is -0.205. The summed E-state index contributed by atoms with van der Waals surface area (Å²) in [5.41, 5.74) is 7.95. The Morgan fingerprint density at radius 1 is 1.32 bits per heavy atom. The second kappa shape index (κ2) is 6.25. The highest BCUT2D eigenvalue weighted by atomic mass is 16.2. The predicted molar refractivity (Wildman–Crippen MR) is 94.8 cm³/mol. The second-order valence-electron chi connectivity index (χ2n) is 6.62. The molecule has 7 nitrogen and oxygen atoms in total. The number of H-pyrrole nitrogens is 1. The molecular weight excluding hydrogens is 316 g/mol. The fourth-order valence-corrected chi connectivity index (χ4v) is 3.56. The molecule has 2 aliphatic rings. The first-order chi connectivity index (χ1) is 12.1. The molecule has 0 radical (unpaired) electrons. The van der Waals surface area contributed by atoms with Gasteiger partial charge in [0.15, 0.2) is 0 Å². The maximum absolute atomic E-state index is 12.2. The molecule has 128 valence electrons. The molecule has 0 aromatic carbocycles. The molecular formula is C18H20N6O. The molecule has 2 N–H and O–H groups in total. The third-order valence-corrected chi connectivity index (χ3v) is 4.77. The average Bonchev–Trinajstić information content (AvgIpc) is 3.19. The maximum Gasteiger partial charge on any atom is 0.273 e. The molecule has 25 heavy (non-hydrogen) atoms. The quantitative estimate of drug-likeness (QED) is 0.835. The van der Waals surface area contributed by atoms with Crippen molar-refractivity contribution >= 4 is 17.7 Å². The molecule has 1 aliphatic carbocycles. The minimum atomic E-state index is -0.205. The van der Waals surface area contributed by atoms with Crippen LogP contribution in [0.4, 0.5) is 0 Å². The van der Waals surface area contributed by atoms with Crippen molar-refractivity contribution in [3.05, 3.63) is 52.6 Å². The minimum Gasteiger partial charge on any atom is -0.359 e. The monoisotopic (exact) mass is 336 g/mol. The van der Waals surface area contributed by atoms with Gasteiger partial charge in [0.05, 0.1) is 18.0 Å².